The molecule has 1 heterocycles. The minimum absolute atomic E-state index is 0.0803. The van der Waals surface area contributed by atoms with Crippen LogP contribution in [-0.2, 0) is 11.2 Å². The molecule has 90 valence electrons. The summed E-state index contributed by atoms with van der Waals surface area (Å²) in [6.07, 6.45) is 2.17. The van der Waals surface area contributed by atoms with Crippen LogP contribution in [0.4, 0.5) is 0 Å². The number of hydrogen-bond acceptors (Lipinski definition) is 2. The fourth-order valence-corrected chi connectivity index (χ4v) is 2.39. The van der Waals surface area contributed by atoms with Crippen molar-refractivity contribution in [1.82, 2.24) is 4.90 Å². The minimum atomic E-state index is -0.147. The first-order chi connectivity index (χ1) is 8.24. The summed E-state index contributed by atoms with van der Waals surface area (Å²) >= 11 is 3.34. The van der Waals surface area contributed by atoms with E-state index in [9.17, 15) is 9.59 Å². The van der Waals surface area contributed by atoms with Crippen LogP contribution in [0.15, 0.2) is 24.3 Å². The van der Waals surface area contributed by atoms with Crippen LogP contribution >= 0.6 is 15.9 Å². The third-order valence-electron chi connectivity index (χ3n) is 2.90. The Balaban J connectivity index is 2.16. The molecule has 0 fully saturated rings. The molecule has 1 aromatic rings. The zero-order valence-corrected chi connectivity index (χ0v) is 11.1. The topological polar surface area (TPSA) is 37.4 Å². The van der Waals surface area contributed by atoms with Crippen molar-refractivity contribution in [2.24, 2.45) is 0 Å². The molecular weight excluding hydrogens is 282 g/mol. The number of amides is 2. The van der Waals surface area contributed by atoms with E-state index in [4.69, 9.17) is 0 Å². The van der Waals surface area contributed by atoms with E-state index in [0.29, 0.717) is 18.5 Å². The number of nitrogens with zero attached hydrogens (tertiary/aromatic N) is 1. The number of halogens is 1. The number of carbonyl (C=O) groups is 2. The van der Waals surface area contributed by atoms with Gasteiger partial charge in [0.1, 0.15) is 0 Å². The van der Waals surface area contributed by atoms with E-state index >= 15 is 0 Å². The number of carbonyl (C=O) groups excluding carboxylic acids is 2. The summed E-state index contributed by atoms with van der Waals surface area (Å²) in [6.45, 7) is 0.525. The van der Waals surface area contributed by atoms with Gasteiger partial charge < -0.3 is 0 Å². The lowest BCUT2D eigenvalue weighted by Crippen LogP contribution is -2.42. The Bertz CT molecular complexity index is 445. The van der Waals surface area contributed by atoms with Crippen LogP contribution in [0.3, 0.4) is 0 Å². The Labute approximate surface area is 109 Å². The first kappa shape index (κ1) is 12.3. The van der Waals surface area contributed by atoms with Crippen LogP contribution in [0.1, 0.15) is 28.8 Å². The number of imide groups is 1. The molecule has 0 atom stereocenters. The molecule has 0 bridgehead atoms. The van der Waals surface area contributed by atoms with Crippen LogP contribution in [0, 0.1) is 0 Å². The van der Waals surface area contributed by atoms with Gasteiger partial charge in [-0.15, -0.1) is 0 Å². The standard InChI is InChI=1S/C13H14BrNO2/c14-7-3-4-8-15-12(16)9-10-5-1-2-6-11(10)13(15)17/h1-2,5-6H,3-4,7-9H2. The van der Waals surface area contributed by atoms with E-state index in [1.165, 1.54) is 4.90 Å². The maximum atomic E-state index is 12.1. The van der Waals surface area contributed by atoms with Crippen molar-refractivity contribution in [2.75, 3.05) is 11.9 Å². The van der Waals surface area contributed by atoms with Gasteiger partial charge in [-0.25, -0.2) is 0 Å². The number of rotatable bonds is 4. The average Bonchev–Trinajstić information content (AvgIpc) is 2.33. The van der Waals surface area contributed by atoms with Gasteiger partial charge in [-0.2, -0.15) is 0 Å². The molecule has 0 N–H and O–H groups in total. The first-order valence-electron chi connectivity index (χ1n) is 5.72. The zero-order valence-electron chi connectivity index (χ0n) is 9.49. The Morgan fingerprint density at radius 1 is 1.18 bits per heavy atom. The normalized spacial score (nSPS) is 15.0. The lowest BCUT2D eigenvalue weighted by molar-refractivity contribution is -0.128. The monoisotopic (exact) mass is 295 g/mol. The molecule has 0 saturated heterocycles. The Hall–Kier alpha value is -1.16. The van der Waals surface area contributed by atoms with Gasteiger partial charge in [0.15, 0.2) is 0 Å². The number of alkyl halides is 1. The Morgan fingerprint density at radius 2 is 1.94 bits per heavy atom. The highest BCUT2D eigenvalue weighted by atomic mass is 79.9. The van der Waals surface area contributed by atoms with Gasteiger partial charge in [-0.05, 0) is 24.5 Å². The maximum Gasteiger partial charge on any atom is 0.260 e. The van der Waals surface area contributed by atoms with Gasteiger partial charge in [0.2, 0.25) is 5.91 Å². The summed E-state index contributed by atoms with van der Waals surface area (Å²) in [5, 5.41) is 0.903. The second-order valence-corrected chi connectivity index (χ2v) is 4.87. The van der Waals surface area contributed by atoms with E-state index in [-0.39, 0.29) is 11.8 Å². The second kappa shape index (κ2) is 5.45. The molecule has 2 amide bonds. The Morgan fingerprint density at radius 3 is 2.71 bits per heavy atom. The number of benzene rings is 1. The van der Waals surface area contributed by atoms with Crippen LogP contribution < -0.4 is 0 Å². The summed E-state index contributed by atoms with van der Waals surface area (Å²) in [6, 6.07) is 7.34. The van der Waals surface area contributed by atoms with E-state index in [1.54, 1.807) is 6.07 Å². The van der Waals surface area contributed by atoms with Crippen molar-refractivity contribution >= 4 is 27.7 Å². The molecule has 1 aromatic carbocycles. The van der Waals surface area contributed by atoms with Crippen LogP contribution in [-0.4, -0.2) is 28.6 Å². The SMILES string of the molecule is O=C1Cc2ccccc2C(=O)N1CCCCBr. The van der Waals surface area contributed by atoms with Gasteiger partial charge in [0.05, 0.1) is 6.42 Å². The second-order valence-electron chi connectivity index (χ2n) is 4.08. The van der Waals surface area contributed by atoms with Gasteiger partial charge in [-0.3, -0.25) is 14.5 Å². The summed E-state index contributed by atoms with van der Waals surface area (Å²) in [5.41, 5.74) is 1.52. The molecule has 4 heteroatoms. The fourth-order valence-electron chi connectivity index (χ4n) is 1.99. The highest BCUT2D eigenvalue weighted by Crippen LogP contribution is 2.19. The first-order valence-corrected chi connectivity index (χ1v) is 6.84. The fraction of sp³-hybridized carbons (Fsp3) is 0.385. The van der Waals surface area contributed by atoms with Crippen molar-refractivity contribution in [2.45, 2.75) is 19.3 Å². The Kier molecular flexibility index (Phi) is 3.94. The average molecular weight is 296 g/mol. The maximum absolute atomic E-state index is 12.1. The van der Waals surface area contributed by atoms with Crippen molar-refractivity contribution in [3.63, 3.8) is 0 Å². The molecule has 2 rings (SSSR count). The van der Waals surface area contributed by atoms with Crippen LogP contribution in [0.5, 0.6) is 0 Å². The molecule has 1 aliphatic rings. The van der Waals surface area contributed by atoms with E-state index in [0.717, 1.165) is 23.7 Å². The zero-order chi connectivity index (χ0) is 12.3. The molecular formula is C13H14BrNO2. The molecule has 0 unspecified atom stereocenters. The number of hydrogen-bond donors (Lipinski definition) is 0. The smallest absolute Gasteiger partial charge is 0.260 e. The van der Waals surface area contributed by atoms with Gasteiger partial charge in [0, 0.05) is 17.4 Å². The van der Waals surface area contributed by atoms with E-state index < -0.39 is 0 Å². The molecule has 3 nitrogen and oxygen atoms in total. The predicted molar refractivity (Wildman–Crippen MR) is 69.2 cm³/mol. The lowest BCUT2D eigenvalue weighted by Gasteiger charge is -2.26. The quantitative estimate of drug-likeness (QED) is 0.486. The van der Waals surface area contributed by atoms with Crippen LogP contribution in [0.2, 0.25) is 0 Å². The predicted octanol–water partition coefficient (Wildman–Crippen LogP) is 2.39. The van der Waals surface area contributed by atoms with Crippen molar-refractivity contribution in [3.8, 4) is 0 Å². The third-order valence-corrected chi connectivity index (χ3v) is 3.46. The van der Waals surface area contributed by atoms with Crippen molar-refractivity contribution in [3.05, 3.63) is 35.4 Å². The number of unbranched alkanes of at least 4 members (excludes halogenated alkanes) is 1. The summed E-state index contributed by atoms with van der Waals surface area (Å²) in [4.78, 5) is 25.3. The minimum Gasteiger partial charge on any atom is -0.278 e. The highest BCUT2D eigenvalue weighted by Gasteiger charge is 2.29. The number of fused-ring (bicyclic) bond motifs is 1. The molecule has 0 saturated carbocycles. The van der Waals surface area contributed by atoms with E-state index in [2.05, 4.69) is 15.9 Å². The summed E-state index contributed by atoms with van der Waals surface area (Å²) in [7, 11) is 0. The third kappa shape index (κ3) is 2.57. The molecule has 1 aliphatic heterocycles. The molecule has 17 heavy (non-hydrogen) atoms. The molecule has 0 radical (unpaired) electrons. The highest BCUT2D eigenvalue weighted by molar-refractivity contribution is 9.09. The van der Waals surface area contributed by atoms with Crippen molar-refractivity contribution < 1.29 is 9.59 Å². The van der Waals surface area contributed by atoms with Gasteiger partial charge in [-0.1, -0.05) is 34.1 Å². The molecule has 0 aliphatic carbocycles. The van der Waals surface area contributed by atoms with Gasteiger partial charge in [0.25, 0.3) is 5.91 Å². The molecule has 0 spiro atoms. The van der Waals surface area contributed by atoms with Crippen molar-refractivity contribution in [1.29, 1.82) is 0 Å². The summed E-state index contributed by atoms with van der Waals surface area (Å²) < 4.78 is 0. The van der Waals surface area contributed by atoms with Gasteiger partial charge >= 0.3 is 0 Å². The van der Waals surface area contributed by atoms with E-state index in [1.807, 2.05) is 18.2 Å². The largest absolute Gasteiger partial charge is 0.278 e. The molecule has 0 aromatic heterocycles. The summed E-state index contributed by atoms with van der Waals surface area (Å²) in [5.74, 6) is -0.227. The van der Waals surface area contributed by atoms with Crippen LogP contribution in [0.25, 0.3) is 0 Å². The lowest BCUT2D eigenvalue weighted by atomic mass is 9.98.